The van der Waals surface area contributed by atoms with Gasteiger partial charge in [0.25, 0.3) is 0 Å². The second-order valence-corrected chi connectivity index (χ2v) is 11.7. The number of benzene rings is 2. The molecule has 2 aliphatic carbocycles. The van der Waals surface area contributed by atoms with Crippen LogP contribution in [0.25, 0.3) is 0 Å². The first-order valence-electron chi connectivity index (χ1n) is 11.2. The molecule has 0 radical (unpaired) electrons. The van der Waals surface area contributed by atoms with E-state index in [1.54, 1.807) is 23.9 Å². The number of hydrogen-bond donors (Lipinski definition) is 2. The average Bonchev–Trinajstić information content (AvgIpc) is 3.54. The number of nitrogens with one attached hydrogen (secondary N) is 1. The number of phenols is 1. The first-order chi connectivity index (χ1) is 16.4. The van der Waals surface area contributed by atoms with Crippen molar-refractivity contribution in [1.82, 2.24) is 4.98 Å². The summed E-state index contributed by atoms with van der Waals surface area (Å²) >= 11 is 2.77. The zero-order valence-corrected chi connectivity index (χ0v) is 19.3. The molecule has 34 heavy (non-hydrogen) atoms. The number of carbonyl (C=O) groups excluding carboxylic acids is 2. The van der Waals surface area contributed by atoms with Crippen molar-refractivity contribution in [2.75, 3.05) is 4.90 Å². The van der Waals surface area contributed by atoms with Gasteiger partial charge in [-0.25, -0.2) is 4.39 Å². The van der Waals surface area contributed by atoms with Gasteiger partial charge in [0.15, 0.2) is 0 Å². The summed E-state index contributed by atoms with van der Waals surface area (Å²) in [6.07, 6.45) is 0.773. The van der Waals surface area contributed by atoms with E-state index in [4.69, 9.17) is 0 Å². The zero-order valence-electron chi connectivity index (χ0n) is 17.7. The number of para-hydroxylation sites is 1. The number of H-pyrrole nitrogens is 1. The number of aromatic amines is 1. The quantitative estimate of drug-likeness (QED) is 0.527. The number of thiazole rings is 1. The predicted molar refractivity (Wildman–Crippen MR) is 125 cm³/mol. The molecule has 2 N–H and O–H groups in total. The third-order valence-electron chi connectivity index (χ3n) is 8.08. The predicted octanol–water partition coefficient (Wildman–Crippen LogP) is 3.96. The maximum Gasteiger partial charge on any atom is 0.305 e. The fraction of sp³-hybridized carbons (Fsp3) is 0.320. The Morgan fingerprint density at radius 1 is 0.971 bits per heavy atom. The molecular formula is C25H19FN2O4S2. The van der Waals surface area contributed by atoms with Gasteiger partial charge < -0.3 is 10.1 Å². The first-order valence-corrected chi connectivity index (χ1v) is 12.9. The van der Waals surface area contributed by atoms with Crippen molar-refractivity contribution in [3.05, 3.63) is 74.5 Å². The Morgan fingerprint density at radius 3 is 2.41 bits per heavy atom. The van der Waals surface area contributed by atoms with E-state index in [1.807, 2.05) is 12.1 Å². The lowest BCUT2D eigenvalue weighted by molar-refractivity contribution is -0.123. The molecule has 4 aliphatic rings. The van der Waals surface area contributed by atoms with E-state index < -0.39 is 17.7 Å². The van der Waals surface area contributed by atoms with Crippen LogP contribution in [0.5, 0.6) is 5.75 Å². The zero-order chi connectivity index (χ0) is 23.3. The van der Waals surface area contributed by atoms with Gasteiger partial charge in [0, 0.05) is 21.6 Å². The van der Waals surface area contributed by atoms with Gasteiger partial charge in [0.05, 0.1) is 22.5 Å². The highest BCUT2D eigenvalue weighted by Gasteiger charge is 2.69. The molecule has 1 aromatic heterocycles. The van der Waals surface area contributed by atoms with Crippen molar-refractivity contribution < 1.29 is 19.1 Å². The van der Waals surface area contributed by atoms with Crippen molar-refractivity contribution in [1.29, 1.82) is 0 Å². The van der Waals surface area contributed by atoms with Gasteiger partial charge >= 0.3 is 4.87 Å². The first kappa shape index (κ1) is 20.5. The summed E-state index contributed by atoms with van der Waals surface area (Å²) in [4.78, 5) is 44.4. The number of thioether (sulfide) groups is 1. The van der Waals surface area contributed by atoms with Crippen LogP contribution in [0.4, 0.5) is 10.1 Å². The maximum atomic E-state index is 13.6. The van der Waals surface area contributed by atoms with Crippen LogP contribution in [0.15, 0.2) is 58.4 Å². The number of aromatic hydroxyl groups is 1. The third-order valence-corrected chi connectivity index (χ3v) is 10.7. The molecule has 1 saturated heterocycles. The van der Waals surface area contributed by atoms with Gasteiger partial charge in [-0.1, -0.05) is 29.5 Å². The fourth-order valence-corrected chi connectivity index (χ4v) is 9.84. The molecule has 2 aromatic carbocycles. The van der Waals surface area contributed by atoms with E-state index in [2.05, 4.69) is 4.98 Å². The van der Waals surface area contributed by atoms with Gasteiger partial charge in [-0.15, -0.1) is 11.8 Å². The maximum absolute atomic E-state index is 13.6. The molecule has 3 heterocycles. The highest BCUT2D eigenvalue weighted by atomic mass is 32.2. The summed E-state index contributed by atoms with van der Waals surface area (Å²) in [6, 6.07) is 12.6. The Morgan fingerprint density at radius 2 is 1.68 bits per heavy atom. The molecule has 2 aliphatic heterocycles. The van der Waals surface area contributed by atoms with Gasteiger partial charge in [-0.05, 0) is 54.5 Å². The van der Waals surface area contributed by atoms with Crippen LogP contribution in [0.1, 0.15) is 22.8 Å². The van der Waals surface area contributed by atoms with Crippen LogP contribution >= 0.6 is 23.1 Å². The van der Waals surface area contributed by atoms with Gasteiger partial charge in [0.1, 0.15) is 11.6 Å². The van der Waals surface area contributed by atoms with E-state index >= 15 is 0 Å². The largest absolute Gasteiger partial charge is 0.508 e. The van der Waals surface area contributed by atoms with Crippen LogP contribution in [-0.2, 0) is 9.59 Å². The summed E-state index contributed by atoms with van der Waals surface area (Å²) in [5.74, 6) is -1.76. The molecule has 172 valence electrons. The summed E-state index contributed by atoms with van der Waals surface area (Å²) in [5, 5.41) is 11.6. The molecule has 0 spiro atoms. The van der Waals surface area contributed by atoms with Crippen LogP contribution < -0.4 is 9.77 Å². The van der Waals surface area contributed by atoms with Crippen molar-refractivity contribution in [3.8, 4) is 5.75 Å². The van der Waals surface area contributed by atoms with E-state index in [0.717, 1.165) is 33.2 Å². The molecular weight excluding hydrogens is 475 g/mol. The topological polar surface area (TPSA) is 90.5 Å². The minimum absolute atomic E-state index is 0.00296. The lowest BCUT2D eigenvalue weighted by Gasteiger charge is -2.43. The highest BCUT2D eigenvalue weighted by Crippen LogP contribution is 2.69. The van der Waals surface area contributed by atoms with Gasteiger partial charge in [-0.2, -0.15) is 0 Å². The molecule has 0 unspecified atom stereocenters. The highest BCUT2D eigenvalue weighted by molar-refractivity contribution is 8.00. The molecule has 2 saturated carbocycles. The molecule has 3 fully saturated rings. The summed E-state index contributed by atoms with van der Waals surface area (Å²) < 4.78 is 13.5. The lowest BCUT2D eigenvalue weighted by atomic mass is 9.68. The number of imide groups is 1. The molecule has 2 bridgehead atoms. The number of rotatable bonds is 2. The minimum atomic E-state index is -0.435. The molecule has 7 rings (SSSR count). The molecule has 3 aromatic rings. The Kier molecular flexibility index (Phi) is 4.24. The second kappa shape index (κ2) is 7.05. The van der Waals surface area contributed by atoms with Crippen LogP contribution in [0, 0.1) is 35.4 Å². The Bertz CT molecular complexity index is 1420. The van der Waals surface area contributed by atoms with Gasteiger partial charge in [0.2, 0.25) is 11.8 Å². The number of aromatic nitrogens is 1. The number of halogens is 1. The van der Waals surface area contributed by atoms with E-state index in [-0.39, 0.29) is 51.4 Å². The number of nitrogens with zero attached hydrogens (tertiary/aromatic N) is 1. The molecule has 6 nitrogen and oxygen atoms in total. The second-order valence-electron chi connectivity index (χ2n) is 9.51. The fourth-order valence-electron chi connectivity index (χ4n) is 6.96. The number of hydrogen-bond acceptors (Lipinski definition) is 6. The van der Waals surface area contributed by atoms with E-state index in [0.29, 0.717) is 5.69 Å². The third kappa shape index (κ3) is 2.59. The minimum Gasteiger partial charge on any atom is -0.508 e. The number of anilines is 1. The van der Waals surface area contributed by atoms with E-state index in [9.17, 15) is 23.9 Å². The van der Waals surface area contributed by atoms with Crippen molar-refractivity contribution in [3.63, 3.8) is 0 Å². The molecule has 2 amide bonds. The number of carbonyl (C=O) groups is 2. The molecule has 9 heteroatoms. The average molecular weight is 495 g/mol. The van der Waals surface area contributed by atoms with Crippen molar-refractivity contribution >= 4 is 40.6 Å². The summed E-state index contributed by atoms with van der Waals surface area (Å²) in [7, 11) is 0. The summed E-state index contributed by atoms with van der Waals surface area (Å²) in [5.41, 5.74) is 1.16. The van der Waals surface area contributed by atoms with Crippen LogP contribution in [0.3, 0.4) is 0 Å². The lowest BCUT2D eigenvalue weighted by Crippen LogP contribution is -2.42. The van der Waals surface area contributed by atoms with E-state index in [1.165, 1.54) is 29.2 Å². The van der Waals surface area contributed by atoms with Gasteiger partial charge in [-0.3, -0.25) is 19.3 Å². The number of amides is 2. The normalized spacial score (nSPS) is 33.2. The van der Waals surface area contributed by atoms with Crippen molar-refractivity contribution in [2.24, 2.45) is 29.6 Å². The number of fused-ring (bicyclic) bond motifs is 9. The van der Waals surface area contributed by atoms with Crippen LogP contribution in [-0.4, -0.2) is 27.2 Å². The number of phenolic OH excluding ortho intramolecular Hbond substituents is 1. The molecule has 7 atom stereocenters. The van der Waals surface area contributed by atoms with Crippen LogP contribution in [0.2, 0.25) is 0 Å². The summed E-state index contributed by atoms with van der Waals surface area (Å²) in [6.45, 7) is 0. The Hall–Kier alpha value is -2.91. The monoisotopic (exact) mass is 494 g/mol. The smallest absolute Gasteiger partial charge is 0.305 e. The van der Waals surface area contributed by atoms with Crippen molar-refractivity contribution in [2.45, 2.75) is 22.6 Å². The Labute approximate surface area is 201 Å². The SMILES string of the molecule is O=C1[C@@H]2[C@H]3C[C@@H]([C@@H]2C(=O)N1c1ccc(F)cc1)[C@H]1[C@@H](c2ccccc2O)c2sc(=O)[nH]c2S[C@H]31. The Balaban J connectivity index is 1.34. The standard InChI is InChI=1S/C25H19FN2O4S2/c26-10-5-7-11(8-6-10)28-23(30)18-13-9-14(19(18)24(28)31)20-17(13)16(12-3-1-2-4-15(12)29)21-22(33-20)27-25(32)34-21/h1-8,13-14,16-20,29H,9H2,(H,27,32)/t13-,14-,16-,17+,18+,19-,20-/m1/s1.